The molecular formula is C8H6BrN3O3. The number of nitrogens with zero attached hydrogens (tertiary/aromatic N) is 2. The minimum Gasteiger partial charge on any atom is -0.478 e. The Balaban J connectivity index is 3.09. The van der Waals surface area contributed by atoms with E-state index in [1.165, 1.54) is 10.9 Å². The van der Waals surface area contributed by atoms with Crippen molar-refractivity contribution in [1.82, 2.24) is 14.5 Å². The molecule has 15 heavy (non-hydrogen) atoms. The summed E-state index contributed by atoms with van der Waals surface area (Å²) in [5, 5.41) is 9.06. The topological polar surface area (TPSA) is 88.0 Å². The standard InChI is InChI=1S/C8H6BrN3O3/c1-12-5(9)3(8(14)15)4-6(12)10-2-11-7(4)13/h2H,1H3,(H,14,15)(H,10,11,13). The van der Waals surface area contributed by atoms with Gasteiger partial charge in [-0.1, -0.05) is 0 Å². The summed E-state index contributed by atoms with van der Waals surface area (Å²) in [5.74, 6) is -1.16. The van der Waals surface area contributed by atoms with Crippen LogP contribution in [0.1, 0.15) is 10.4 Å². The Morgan fingerprint density at radius 2 is 2.33 bits per heavy atom. The number of halogens is 1. The number of hydrogen-bond donors (Lipinski definition) is 2. The van der Waals surface area contributed by atoms with Gasteiger partial charge >= 0.3 is 5.97 Å². The van der Waals surface area contributed by atoms with Gasteiger partial charge in [-0.05, 0) is 15.9 Å². The molecular weight excluding hydrogens is 266 g/mol. The van der Waals surface area contributed by atoms with Gasteiger partial charge in [0, 0.05) is 7.05 Å². The Morgan fingerprint density at radius 1 is 1.67 bits per heavy atom. The molecule has 0 radical (unpaired) electrons. The fourth-order valence-electron chi connectivity index (χ4n) is 1.43. The van der Waals surface area contributed by atoms with Crippen molar-refractivity contribution < 1.29 is 9.90 Å². The molecule has 0 amide bonds. The monoisotopic (exact) mass is 271 g/mol. The van der Waals surface area contributed by atoms with E-state index in [1.807, 2.05) is 0 Å². The van der Waals surface area contributed by atoms with E-state index in [9.17, 15) is 9.59 Å². The van der Waals surface area contributed by atoms with Crippen LogP contribution in [0.15, 0.2) is 15.7 Å². The van der Waals surface area contributed by atoms with Gasteiger partial charge in [0.15, 0.2) is 0 Å². The van der Waals surface area contributed by atoms with Crippen LogP contribution in [0.5, 0.6) is 0 Å². The Bertz CT molecular complexity index is 613. The maximum absolute atomic E-state index is 11.5. The molecule has 0 aliphatic heterocycles. The zero-order valence-corrected chi connectivity index (χ0v) is 9.20. The van der Waals surface area contributed by atoms with Crippen LogP contribution in [0.2, 0.25) is 0 Å². The molecule has 2 rings (SSSR count). The molecule has 78 valence electrons. The third-order valence-corrected chi connectivity index (χ3v) is 3.04. The summed E-state index contributed by atoms with van der Waals surface area (Å²) in [4.78, 5) is 28.7. The molecule has 2 heterocycles. The molecule has 0 aromatic carbocycles. The van der Waals surface area contributed by atoms with E-state index in [1.54, 1.807) is 7.05 Å². The second-order valence-electron chi connectivity index (χ2n) is 2.96. The lowest BCUT2D eigenvalue weighted by molar-refractivity contribution is 0.0697. The van der Waals surface area contributed by atoms with Crippen molar-refractivity contribution in [2.45, 2.75) is 0 Å². The third-order valence-electron chi connectivity index (χ3n) is 2.12. The highest BCUT2D eigenvalue weighted by atomic mass is 79.9. The minimum atomic E-state index is -1.16. The predicted molar refractivity (Wildman–Crippen MR) is 56.0 cm³/mol. The number of aromatic nitrogens is 3. The van der Waals surface area contributed by atoms with Crippen molar-refractivity contribution in [3.63, 3.8) is 0 Å². The molecule has 2 aromatic heterocycles. The van der Waals surface area contributed by atoms with Crippen molar-refractivity contribution >= 4 is 32.9 Å². The molecule has 0 fully saturated rings. The fourth-order valence-corrected chi connectivity index (χ4v) is 1.96. The molecule has 0 aliphatic rings. The largest absolute Gasteiger partial charge is 0.478 e. The highest BCUT2D eigenvalue weighted by Crippen LogP contribution is 2.25. The summed E-state index contributed by atoms with van der Waals surface area (Å²) in [6, 6.07) is 0. The number of carboxylic acids is 1. The molecule has 0 saturated carbocycles. The Labute approximate surface area is 91.7 Å². The van der Waals surface area contributed by atoms with E-state index < -0.39 is 11.5 Å². The van der Waals surface area contributed by atoms with Crippen LogP contribution in [0.25, 0.3) is 11.0 Å². The van der Waals surface area contributed by atoms with Crippen LogP contribution < -0.4 is 5.56 Å². The van der Waals surface area contributed by atoms with Crippen LogP contribution in [0, 0.1) is 0 Å². The first-order chi connectivity index (χ1) is 7.04. The lowest BCUT2D eigenvalue weighted by atomic mass is 10.2. The van der Waals surface area contributed by atoms with Crippen molar-refractivity contribution in [3.05, 3.63) is 26.8 Å². The average Bonchev–Trinajstić information content (AvgIpc) is 2.43. The number of aryl methyl sites for hydroxylation is 1. The van der Waals surface area contributed by atoms with Crippen molar-refractivity contribution in [2.24, 2.45) is 7.05 Å². The Morgan fingerprint density at radius 3 is 2.93 bits per heavy atom. The number of carbonyl (C=O) groups is 1. The van der Waals surface area contributed by atoms with Crippen molar-refractivity contribution in [1.29, 1.82) is 0 Å². The lowest BCUT2D eigenvalue weighted by Gasteiger charge is -1.94. The highest BCUT2D eigenvalue weighted by Gasteiger charge is 2.21. The molecule has 0 atom stereocenters. The first-order valence-electron chi connectivity index (χ1n) is 3.99. The van der Waals surface area contributed by atoms with E-state index in [4.69, 9.17) is 5.11 Å². The van der Waals surface area contributed by atoms with Gasteiger partial charge in [-0.15, -0.1) is 0 Å². The second kappa shape index (κ2) is 3.20. The van der Waals surface area contributed by atoms with Gasteiger partial charge in [0.05, 0.1) is 11.7 Å². The van der Waals surface area contributed by atoms with Gasteiger partial charge in [0.2, 0.25) is 0 Å². The number of H-pyrrole nitrogens is 1. The van der Waals surface area contributed by atoms with Gasteiger partial charge in [-0.2, -0.15) is 0 Å². The van der Waals surface area contributed by atoms with Gasteiger partial charge < -0.3 is 14.7 Å². The number of carboxylic acid groups (broad SMARTS) is 1. The summed E-state index contributed by atoms with van der Waals surface area (Å²) in [7, 11) is 1.63. The molecule has 2 aromatic rings. The number of aromatic amines is 1. The summed E-state index contributed by atoms with van der Waals surface area (Å²) in [6.07, 6.45) is 1.24. The van der Waals surface area contributed by atoms with Gasteiger partial charge in [0.1, 0.15) is 15.8 Å². The normalized spacial score (nSPS) is 10.8. The number of nitrogens with one attached hydrogen (secondary N) is 1. The number of aromatic carboxylic acids is 1. The fraction of sp³-hybridized carbons (Fsp3) is 0.125. The van der Waals surface area contributed by atoms with E-state index in [-0.39, 0.29) is 10.9 Å². The zero-order valence-electron chi connectivity index (χ0n) is 7.61. The molecule has 0 aliphatic carbocycles. The van der Waals surface area contributed by atoms with E-state index in [0.29, 0.717) is 10.3 Å². The van der Waals surface area contributed by atoms with Crippen LogP contribution in [0.3, 0.4) is 0 Å². The van der Waals surface area contributed by atoms with Crippen molar-refractivity contribution in [3.8, 4) is 0 Å². The molecule has 0 unspecified atom stereocenters. The maximum Gasteiger partial charge on any atom is 0.339 e. The summed E-state index contributed by atoms with van der Waals surface area (Å²) in [5.41, 5.74) is -0.191. The molecule has 6 nitrogen and oxygen atoms in total. The molecule has 0 saturated heterocycles. The van der Waals surface area contributed by atoms with E-state index >= 15 is 0 Å². The molecule has 2 N–H and O–H groups in total. The molecule has 7 heteroatoms. The van der Waals surface area contributed by atoms with Crippen LogP contribution in [-0.4, -0.2) is 25.6 Å². The number of hydrogen-bond acceptors (Lipinski definition) is 3. The first kappa shape index (κ1) is 9.91. The number of fused-ring (bicyclic) bond motifs is 1. The van der Waals surface area contributed by atoms with E-state index in [2.05, 4.69) is 25.9 Å². The van der Waals surface area contributed by atoms with Gasteiger partial charge in [-0.3, -0.25) is 4.79 Å². The third kappa shape index (κ3) is 1.27. The number of rotatable bonds is 1. The maximum atomic E-state index is 11.5. The Hall–Kier alpha value is -1.63. The smallest absolute Gasteiger partial charge is 0.339 e. The quantitative estimate of drug-likeness (QED) is 0.800. The SMILES string of the molecule is Cn1c(Br)c(C(=O)O)c2c(=O)[nH]cnc21. The predicted octanol–water partition coefficient (Wildman–Crippen LogP) is 0.722. The second-order valence-corrected chi connectivity index (χ2v) is 3.71. The molecule has 0 spiro atoms. The summed E-state index contributed by atoms with van der Waals surface area (Å²) < 4.78 is 1.84. The van der Waals surface area contributed by atoms with Crippen molar-refractivity contribution in [2.75, 3.05) is 0 Å². The minimum absolute atomic E-state index is 0.0677. The van der Waals surface area contributed by atoms with Crippen LogP contribution in [0.4, 0.5) is 0 Å². The molecule has 0 bridgehead atoms. The summed E-state index contributed by atoms with van der Waals surface area (Å²) >= 11 is 3.12. The summed E-state index contributed by atoms with van der Waals surface area (Å²) in [6.45, 7) is 0. The van der Waals surface area contributed by atoms with Gasteiger partial charge in [0.25, 0.3) is 5.56 Å². The van der Waals surface area contributed by atoms with E-state index in [0.717, 1.165) is 0 Å². The zero-order chi connectivity index (χ0) is 11.2. The highest BCUT2D eigenvalue weighted by molar-refractivity contribution is 9.10. The van der Waals surface area contributed by atoms with Crippen LogP contribution >= 0.6 is 15.9 Å². The first-order valence-corrected chi connectivity index (χ1v) is 4.78. The van der Waals surface area contributed by atoms with Gasteiger partial charge in [-0.25, -0.2) is 9.78 Å². The average molecular weight is 272 g/mol. The lowest BCUT2D eigenvalue weighted by Crippen LogP contribution is -2.09. The van der Waals surface area contributed by atoms with Crippen LogP contribution in [-0.2, 0) is 7.05 Å². The Kier molecular flexibility index (Phi) is 2.11.